The summed E-state index contributed by atoms with van der Waals surface area (Å²) in [6, 6.07) is 13.4. The van der Waals surface area contributed by atoms with Gasteiger partial charge in [0.2, 0.25) is 0 Å². The summed E-state index contributed by atoms with van der Waals surface area (Å²) in [6.07, 6.45) is 10.4. The fraction of sp³-hybridized carbons (Fsp3) is 0.569. The van der Waals surface area contributed by atoms with E-state index in [1.807, 2.05) is 0 Å². The zero-order valence-electron chi connectivity index (χ0n) is 37.4. The molecule has 1 aliphatic carbocycles. The smallest absolute Gasteiger partial charge is 0.123 e. The molecular formula is C51H74O3. The lowest BCUT2D eigenvalue weighted by molar-refractivity contribution is 0.369. The standard InChI is InChI=1S/C51H74O3/c1-45(2,3)36-23-33(24-37(42(36)52)46(4,5)6)22-32-20-19-21-51(29-32,30-34-25-38(47(7,8)9)43(53)39(26-34)48(10,11)12)31-35-27-40(49(13,14)15)44(54)41(28-35)50(16,17)18/h19-20,23-29,52-54H,21-22,30-31H2,1-18H3. The lowest BCUT2D eigenvalue weighted by Gasteiger charge is -2.36. The number of rotatable bonds is 6. The highest BCUT2D eigenvalue weighted by Crippen LogP contribution is 2.47. The molecular weight excluding hydrogens is 661 g/mol. The van der Waals surface area contributed by atoms with Gasteiger partial charge in [-0.05, 0) is 114 Å². The minimum atomic E-state index is -0.261. The van der Waals surface area contributed by atoms with Crippen molar-refractivity contribution in [1.82, 2.24) is 0 Å². The van der Waals surface area contributed by atoms with Gasteiger partial charge < -0.3 is 15.3 Å². The fourth-order valence-electron chi connectivity index (χ4n) is 8.23. The number of benzene rings is 3. The summed E-state index contributed by atoms with van der Waals surface area (Å²) >= 11 is 0. The van der Waals surface area contributed by atoms with E-state index in [-0.39, 0.29) is 37.9 Å². The predicted molar refractivity (Wildman–Crippen MR) is 232 cm³/mol. The highest BCUT2D eigenvalue weighted by Gasteiger charge is 2.35. The van der Waals surface area contributed by atoms with E-state index in [1.54, 1.807) is 0 Å². The molecule has 54 heavy (non-hydrogen) atoms. The Morgan fingerprint density at radius 1 is 0.426 bits per heavy atom. The first kappa shape index (κ1) is 43.3. The molecule has 3 aromatic carbocycles. The molecule has 0 bridgehead atoms. The lowest BCUT2D eigenvalue weighted by atomic mass is 9.68. The minimum absolute atomic E-state index is 0.205. The quantitative estimate of drug-likeness (QED) is 0.236. The minimum Gasteiger partial charge on any atom is -0.507 e. The van der Waals surface area contributed by atoms with Crippen molar-refractivity contribution in [3.63, 3.8) is 0 Å². The van der Waals surface area contributed by atoms with Crippen molar-refractivity contribution >= 4 is 0 Å². The van der Waals surface area contributed by atoms with Crippen molar-refractivity contribution in [3.8, 4) is 17.2 Å². The molecule has 0 aliphatic heterocycles. The van der Waals surface area contributed by atoms with Gasteiger partial charge in [-0.3, -0.25) is 0 Å². The molecule has 3 heteroatoms. The first-order chi connectivity index (χ1) is 24.2. The molecule has 0 saturated carbocycles. The molecule has 4 rings (SSSR count). The van der Waals surface area contributed by atoms with Crippen molar-refractivity contribution in [2.75, 3.05) is 0 Å². The summed E-state index contributed by atoms with van der Waals surface area (Å²) in [5.41, 5.74) is 9.27. The molecule has 0 fully saturated rings. The molecule has 3 aromatic rings. The van der Waals surface area contributed by atoms with Crippen LogP contribution in [0.15, 0.2) is 60.2 Å². The summed E-state index contributed by atoms with van der Waals surface area (Å²) in [7, 11) is 0. The monoisotopic (exact) mass is 735 g/mol. The van der Waals surface area contributed by atoms with Crippen molar-refractivity contribution in [1.29, 1.82) is 0 Å². The van der Waals surface area contributed by atoms with Crippen LogP contribution in [-0.4, -0.2) is 15.3 Å². The van der Waals surface area contributed by atoms with Gasteiger partial charge in [0.15, 0.2) is 0 Å². The van der Waals surface area contributed by atoms with E-state index in [1.165, 1.54) is 22.3 Å². The molecule has 0 aromatic heterocycles. The molecule has 0 atom stereocenters. The number of aromatic hydroxyl groups is 3. The van der Waals surface area contributed by atoms with Crippen LogP contribution in [0.5, 0.6) is 17.2 Å². The van der Waals surface area contributed by atoms with Gasteiger partial charge in [0, 0.05) is 5.41 Å². The third-order valence-electron chi connectivity index (χ3n) is 11.2. The Morgan fingerprint density at radius 2 is 0.685 bits per heavy atom. The van der Waals surface area contributed by atoms with Gasteiger partial charge in [0.1, 0.15) is 17.2 Å². The third-order valence-corrected chi connectivity index (χ3v) is 11.2. The van der Waals surface area contributed by atoms with Crippen molar-refractivity contribution < 1.29 is 15.3 Å². The maximum atomic E-state index is 11.6. The summed E-state index contributed by atoms with van der Waals surface area (Å²) in [6.45, 7) is 39.3. The van der Waals surface area contributed by atoms with E-state index in [2.05, 4.69) is 179 Å². The first-order valence-corrected chi connectivity index (χ1v) is 20.2. The van der Waals surface area contributed by atoms with E-state index >= 15 is 0 Å². The van der Waals surface area contributed by atoms with Crippen LogP contribution in [0.25, 0.3) is 0 Å². The van der Waals surface area contributed by atoms with Crippen LogP contribution in [0, 0.1) is 5.41 Å². The Hall–Kier alpha value is -3.46. The van der Waals surface area contributed by atoms with Crippen molar-refractivity contribution in [2.24, 2.45) is 5.41 Å². The average molecular weight is 735 g/mol. The Balaban J connectivity index is 1.99. The molecule has 0 saturated heterocycles. The van der Waals surface area contributed by atoms with Crippen LogP contribution < -0.4 is 0 Å². The summed E-state index contributed by atoms with van der Waals surface area (Å²) in [5, 5.41) is 34.8. The molecule has 0 radical (unpaired) electrons. The van der Waals surface area contributed by atoms with Crippen LogP contribution in [0.3, 0.4) is 0 Å². The van der Waals surface area contributed by atoms with Gasteiger partial charge in [-0.15, -0.1) is 0 Å². The van der Waals surface area contributed by atoms with E-state index in [0.717, 1.165) is 59.1 Å². The molecule has 0 amide bonds. The second-order valence-electron chi connectivity index (χ2n) is 22.8. The number of phenols is 3. The number of phenolic OH excluding ortho intramolecular Hbond substituents is 3. The van der Waals surface area contributed by atoms with Crippen LogP contribution in [0.2, 0.25) is 0 Å². The van der Waals surface area contributed by atoms with Crippen molar-refractivity contribution in [3.05, 3.63) is 110 Å². The van der Waals surface area contributed by atoms with Crippen LogP contribution in [0.4, 0.5) is 0 Å². The number of hydrogen-bond donors (Lipinski definition) is 3. The summed E-state index contributed by atoms with van der Waals surface area (Å²) in [5.74, 6) is 1.23. The van der Waals surface area contributed by atoms with Gasteiger partial charge in [0.05, 0.1) is 0 Å². The van der Waals surface area contributed by atoms with Gasteiger partial charge in [-0.25, -0.2) is 0 Å². The van der Waals surface area contributed by atoms with Crippen LogP contribution in [-0.2, 0) is 51.8 Å². The molecule has 3 nitrogen and oxygen atoms in total. The summed E-state index contributed by atoms with van der Waals surface area (Å²) < 4.78 is 0. The predicted octanol–water partition coefficient (Wildman–Crippen LogP) is 13.5. The second kappa shape index (κ2) is 14.2. The van der Waals surface area contributed by atoms with E-state index in [9.17, 15) is 15.3 Å². The molecule has 0 spiro atoms. The maximum Gasteiger partial charge on any atom is 0.123 e. The third kappa shape index (κ3) is 9.66. The number of hydrogen-bond acceptors (Lipinski definition) is 3. The zero-order chi connectivity index (χ0) is 41.2. The normalized spacial score (nSPS) is 15.8. The van der Waals surface area contributed by atoms with Crippen LogP contribution in [0.1, 0.15) is 181 Å². The summed E-state index contributed by atoms with van der Waals surface area (Å²) in [4.78, 5) is 0. The van der Waals surface area contributed by atoms with E-state index in [4.69, 9.17) is 0 Å². The molecule has 1 aliphatic rings. The highest BCUT2D eigenvalue weighted by atomic mass is 16.3. The Morgan fingerprint density at radius 3 is 0.944 bits per heavy atom. The van der Waals surface area contributed by atoms with Gasteiger partial charge in [-0.1, -0.05) is 179 Å². The molecule has 296 valence electrons. The number of allylic oxidation sites excluding steroid dienone is 4. The highest BCUT2D eigenvalue weighted by molar-refractivity contribution is 5.54. The Labute approximate surface area is 330 Å². The van der Waals surface area contributed by atoms with Gasteiger partial charge >= 0.3 is 0 Å². The average Bonchev–Trinajstić information content (AvgIpc) is 2.96. The lowest BCUT2D eigenvalue weighted by Crippen LogP contribution is -2.28. The maximum absolute atomic E-state index is 11.6. The second-order valence-corrected chi connectivity index (χ2v) is 22.8. The van der Waals surface area contributed by atoms with Crippen LogP contribution >= 0.6 is 0 Å². The largest absolute Gasteiger partial charge is 0.507 e. The van der Waals surface area contributed by atoms with E-state index < -0.39 is 0 Å². The Bertz CT molecular complexity index is 1730. The first-order valence-electron chi connectivity index (χ1n) is 20.2. The van der Waals surface area contributed by atoms with Gasteiger partial charge in [0.25, 0.3) is 0 Å². The zero-order valence-corrected chi connectivity index (χ0v) is 37.4. The molecule has 0 unspecified atom stereocenters. The van der Waals surface area contributed by atoms with E-state index in [0.29, 0.717) is 17.2 Å². The molecule has 3 N–H and O–H groups in total. The SMILES string of the molecule is CC(C)(C)c1cc(CC2=CC(Cc3cc(C(C)(C)C)c(O)c(C(C)(C)C)c3)(Cc3cc(C(C)(C)C)c(O)c(C(C)(C)C)c3)CC=C2)cc(C(C)(C)C)c1O. The molecule has 0 heterocycles. The van der Waals surface area contributed by atoms with Crippen molar-refractivity contribution in [2.45, 2.75) is 183 Å². The topological polar surface area (TPSA) is 60.7 Å². The Kier molecular flexibility index (Phi) is 11.4. The fourth-order valence-corrected chi connectivity index (χ4v) is 8.23. The van der Waals surface area contributed by atoms with Gasteiger partial charge in [-0.2, -0.15) is 0 Å².